The van der Waals surface area contributed by atoms with Crippen molar-refractivity contribution in [2.45, 2.75) is 43.7 Å². The molecular formula is C17H25N2O8PSi. The third-order valence-corrected chi connectivity index (χ3v) is 5.98. The van der Waals surface area contributed by atoms with E-state index < -0.39 is 51.0 Å². The smallest absolute Gasteiger partial charge is 0.330 e. The molecule has 10 nitrogen and oxygen atoms in total. The van der Waals surface area contributed by atoms with Crippen LogP contribution in [-0.4, -0.2) is 67.3 Å². The minimum Gasteiger partial charge on any atom is -0.381 e. The highest BCUT2D eigenvalue weighted by molar-refractivity contribution is 7.51. The van der Waals surface area contributed by atoms with Gasteiger partial charge in [0.1, 0.15) is 31.4 Å². The van der Waals surface area contributed by atoms with Crippen molar-refractivity contribution in [1.82, 2.24) is 9.55 Å². The van der Waals surface area contributed by atoms with E-state index in [0.717, 1.165) is 6.66 Å². The molecule has 160 valence electrons. The predicted octanol–water partition coefficient (Wildman–Crippen LogP) is 0.279. The third-order valence-electron chi connectivity index (χ3n) is 4.49. The zero-order chi connectivity index (χ0) is 21.6. The Labute approximate surface area is 168 Å². The SMILES string of the molecule is COC[C@]12CO[C@@H](C1OP(C)(=O)O)[C@H](n1cc(C#C[Si](C)(C)C)c(=O)[nH]c1=O)O2. The normalized spacial score (nSPS) is 30.6. The first-order valence-electron chi connectivity index (χ1n) is 9.01. The Morgan fingerprint density at radius 2 is 2.14 bits per heavy atom. The molecule has 0 spiro atoms. The number of hydrogen-bond acceptors (Lipinski definition) is 7. The number of nitrogens with one attached hydrogen (secondary N) is 1. The summed E-state index contributed by atoms with van der Waals surface area (Å²) in [5.74, 6) is 2.84. The number of aromatic amines is 1. The third kappa shape index (κ3) is 4.64. The van der Waals surface area contributed by atoms with Gasteiger partial charge in [-0.05, 0) is 0 Å². The number of ether oxygens (including phenoxy) is 3. The van der Waals surface area contributed by atoms with Crippen LogP contribution in [0.1, 0.15) is 11.8 Å². The van der Waals surface area contributed by atoms with Gasteiger partial charge >= 0.3 is 13.3 Å². The number of H-pyrrole nitrogens is 1. The van der Waals surface area contributed by atoms with Crippen LogP contribution in [0.3, 0.4) is 0 Å². The maximum Gasteiger partial charge on any atom is 0.330 e. The quantitative estimate of drug-likeness (QED) is 0.376. The molecule has 0 saturated carbocycles. The van der Waals surface area contributed by atoms with Crippen LogP contribution >= 0.6 is 7.60 Å². The van der Waals surface area contributed by atoms with Crippen LogP contribution in [0.5, 0.6) is 0 Å². The summed E-state index contributed by atoms with van der Waals surface area (Å²) in [6.45, 7) is 7.27. The summed E-state index contributed by atoms with van der Waals surface area (Å²) in [5, 5.41) is 0. The Bertz CT molecular complexity index is 1010. The van der Waals surface area contributed by atoms with Gasteiger partial charge in [0, 0.05) is 20.0 Å². The van der Waals surface area contributed by atoms with E-state index in [1.807, 2.05) is 19.6 Å². The summed E-state index contributed by atoms with van der Waals surface area (Å²) in [7, 11) is -4.17. The second-order valence-corrected chi connectivity index (χ2v) is 14.9. The number of methoxy groups -OCH3 is 1. The minimum absolute atomic E-state index is 0.0328. The summed E-state index contributed by atoms with van der Waals surface area (Å²) < 4.78 is 35.4. The molecule has 1 aromatic rings. The Kier molecular flexibility index (Phi) is 5.84. The molecule has 1 aromatic heterocycles. The zero-order valence-electron chi connectivity index (χ0n) is 16.9. The van der Waals surface area contributed by atoms with Crippen molar-refractivity contribution in [2.75, 3.05) is 27.0 Å². The van der Waals surface area contributed by atoms with Crippen molar-refractivity contribution in [3.63, 3.8) is 0 Å². The van der Waals surface area contributed by atoms with Crippen LogP contribution in [0.15, 0.2) is 15.8 Å². The molecule has 2 saturated heterocycles. The number of hydrogen-bond donors (Lipinski definition) is 2. The van der Waals surface area contributed by atoms with E-state index in [1.54, 1.807) is 0 Å². The van der Waals surface area contributed by atoms with Gasteiger partial charge in [-0.15, -0.1) is 5.54 Å². The molecule has 0 aromatic carbocycles. The molecule has 0 amide bonds. The van der Waals surface area contributed by atoms with Crippen LogP contribution in [0.25, 0.3) is 0 Å². The van der Waals surface area contributed by atoms with Crippen LogP contribution in [0.2, 0.25) is 19.6 Å². The van der Waals surface area contributed by atoms with Gasteiger partial charge in [-0.3, -0.25) is 23.4 Å². The van der Waals surface area contributed by atoms with Crippen molar-refractivity contribution in [3.05, 3.63) is 32.6 Å². The topological polar surface area (TPSA) is 129 Å². The first-order chi connectivity index (χ1) is 13.4. The lowest BCUT2D eigenvalue weighted by atomic mass is 10.0. The van der Waals surface area contributed by atoms with Crippen molar-refractivity contribution in [3.8, 4) is 11.5 Å². The van der Waals surface area contributed by atoms with Crippen molar-refractivity contribution >= 4 is 15.7 Å². The summed E-state index contributed by atoms with van der Waals surface area (Å²) in [6, 6.07) is 0. The molecule has 0 radical (unpaired) electrons. The average molecular weight is 444 g/mol. The molecule has 2 aliphatic heterocycles. The first kappa shape index (κ1) is 22.2. The van der Waals surface area contributed by atoms with Crippen LogP contribution < -0.4 is 11.2 Å². The molecular weight excluding hydrogens is 419 g/mol. The molecule has 29 heavy (non-hydrogen) atoms. The van der Waals surface area contributed by atoms with E-state index in [9.17, 15) is 19.0 Å². The van der Waals surface area contributed by atoms with Crippen LogP contribution in [0.4, 0.5) is 0 Å². The molecule has 2 fully saturated rings. The molecule has 2 aliphatic rings. The standard InChI is InChI=1S/C17H25N2O8PSi/c1-24-9-17-10-25-12(13(17)27-28(2,22)23)15(26-17)19-8-11(6-7-29(3,4)5)14(20)18-16(19)21/h8,12-13,15H,9-10H2,1-5H3,(H,22,23)(H,18,20,21)/t12-,13?,15+,17-/m0/s1. The predicted molar refractivity (Wildman–Crippen MR) is 107 cm³/mol. The summed E-state index contributed by atoms with van der Waals surface area (Å²) in [4.78, 5) is 36.6. The Balaban J connectivity index is 2.03. The second-order valence-electron chi connectivity index (χ2n) is 8.32. The van der Waals surface area contributed by atoms with Gasteiger partial charge in [-0.2, -0.15) is 0 Å². The lowest BCUT2D eigenvalue weighted by Crippen LogP contribution is -2.46. The Hall–Kier alpha value is -1.51. The fourth-order valence-electron chi connectivity index (χ4n) is 3.35. The van der Waals surface area contributed by atoms with Gasteiger partial charge in [0.2, 0.25) is 0 Å². The first-order valence-corrected chi connectivity index (χ1v) is 14.5. The molecule has 5 atom stereocenters. The number of fused-ring (bicyclic) bond motifs is 2. The minimum atomic E-state index is -3.87. The van der Waals surface area contributed by atoms with E-state index in [1.165, 1.54) is 17.9 Å². The molecule has 12 heteroatoms. The largest absolute Gasteiger partial charge is 0.381 e. The number of nitrogens with zero attached hydrogens (tertiary/aromatic N) is 1. The van der Waals surface area contributed by atoms with Gasteiger partial charge in [-0.25, -0.2) is 4.79 Å². The lowest BCUT2D eigenvalue weighted by Gasteiger charge is -2.31. The van der Waals surface area contributed by atoms with Gasteiger partial charge in [0.05, 0.1) is 13.2 Å². The molecule has 0 aliphatic carbocycles. The Morgan fingerprint density at radius 3 is 2.72 bits per heavy atom. The highest BCUT2D eigenvalue weighted by Gasteiger charge is 2.64. The van der Waals surface area contributed by atoms with Crippen LogP contribution in [0, 0.1) is 11.5 Å². The van der Waals surface area contributed by atoms with Gasteiger partial charge in [0.15, 0.2) is 6.23 Å². The fourth-order valence-corrected chi connectivity index (χ4v) is 4.59. The van der Waals surface area contributed by atoms with Crippen molar-refractivity contribution in [2.24, 2.45) is 0 Å². The highest BCUT2D eigenvalue weighted by Crippen LogP contribution is 2.52. The van der Waals surface area contributed by atoms with E-state index in [4.69, 9.17) is 18.7 Å². The second kappa shape index (κ2) is 7.63. The maximum absolute atomic E-state index is 12.5. The summed E-state index contributed by atoms with van der Waals surface area (Å²) >= 11 is 0. The van der Waals surface area contributed by atoms with Crippen molar-refractivity contribution < 1.29 is 28.2 Å². The van der Waals surface area contributed by atoms with E-state index in [2.05, 4.69) is 16.4 Å². The van der Waals surface area contributed by atoms with Gasteiger partial charge in [-0.1, -0.05) is 25.6 Å². The molecule has 2 bridgehead atoms. The van der Waals surface area contributed by atoms with Crippen LogP contribution in [-0.2, 0) is 23.3 Å². The highest BCUT2D eigenvalue weighted by atomic mass is 31.2. The molecule has 3 rings (SSSR count). The number of aromatic nitrogens is 2. The van der Waals surface area contributed by atoms with Gasteiger partial charge < -0.3 is 19.1 Å². The van der Waals surface area contributed by atoms with Crippen molar-refractivity contribution in [1.29, 1.82) is 0 Å². The average Bonchev–Trinajstić information content (AvgIpc) is 3.03. The van der Waals surface area contributed by atoms with E-state index in [0.29, 0.717) is 0 Å². The molecule has 2 N–H and O–H groups in total. The maximum atomic E-state index is 12.5. The molecule has 3 heterocycles. The number of rotatable bonds is 5. The molecule has 2 unspecified atom stereocenters. The fraction of sp³-hybridized carbons (Fsp3) is 0.647. The van der Waals surface area contributed by atoms with E-state index >= 15 is 0 Å². The monoisotopic (exact) mass is 444 g/mol. The zero-order valence-corrected chi connectivity index (χ0v) is 18.8. The Morgan fingerprint density at radius 1 is 1.45 bits per heavy atom. The van der Waals surface area contributed by atoms with Gasteiger partial charge in [0.25, 0.3) is 5.56 Å². The summed E-state index contributed by atoms with van der Waals surface area (Å²) in [5.41, 5.74) is 0.762. The lowest BCUT2D eigenvalue weighted by molar-refractivity contribution is -0.190. The van der Waals surface area contributed by atoms with E-state index in [-0.39, 0.29) is 18.8 Å². The summed E-state index contributed by atoms with van der Waals surface area (Å²) in [6.07, 6.45) is -1.42.